The summed E-state index contributed by atoms with van der Waals surface area (Å²) in [5.41, 5.74) is 2.39. The van der Waals surface area contributed by atoms with Crippen molar-refractivity contribution in [3.8, 4) is 0 Å². The normalized spacial score (nSPS) is 15.7. The molecule has 2 rings (SSSR count). The summed E-state index contributed by atoms with van der Waals surface area (Å²) in [6, 6.07) is 8.34. The number of hydrogen-bond donors (Lipinski definition) is 0. The van der Waals surface area contributed by atoms with Crippen LogP contribution in [0.2, 0.25) is 0 Å². The molecular formula is C18H29N3O3S. The molecule has 25 heavy (non-hydrogen) atoms. The number of sulfonamides is 1. The fraction of sp³-hybridized carbons (Fsp3) is 0.611. The number of rotatable bonds is 7. The van der Waals surface area contributed by atoms with E-state index in [0.29, 0.717) is 19.6 Å². The van der Waals surface area contributed by atoms with Gasteiger partial charge in [-0.15, -0.1) is 0 Å². The molecule has 1 heterocycles. The number of piperazine rings is 1. The lowest BCUT2D eigenvalue weighted by atomic mass is 10.2. The van der Waals surface area contributed by atoms with Crippen molar-refractivity contribution in [3.05, 3.63) is 29.8 Å². The Morgan fingerprint density at radius 3 is 2.44 bits per heavy atom. The minimum absolute atomic E-state index is 0.0523. The van der Waals surface area contributed by atoms with Gasteiger partial charge in [-0.1, -0.05) is 25.5 Å². The van der Waals surface area contributed by atoms with Gasteiger partial charge in [-0.05, 0) is 31.0 Å². The van der Waals surface area contributed by atoms with Gasteiger partial charge in [0.05, 0.1) is 12.8 Å². The molecule has 0 saturated carbocycles. The molecule has 140 valence electrons. The van der Waals surface area contributed by atoms with Crippen LogP contribution >= 0.6 is 0 Å². The standard InChI is InChI=1S/C18H29N3O3S/c1-4-5-9-21(25(3,23)24)15-18(22)20-12-10-19(11-13-20)17-8-6-7-16(2)14-17/h6-8,14H,4-5,9-13,15H2,1-3H3. The fourth-order valence-corrected chi connectivity index (χ4v) is 3.79. The summed E-state index contributed by atoms with van der Waals surface area (Å²) >= 11 is 0. The molecule has 0 aliphatic carbocycles. The molecule has 7 heteroatoms. The molecule has 1 aromatic carbocycles. The summed E-state index contributed by atoms with van der Waals surface area (Å²) in [6.07, 6.45) is 2.84. The van der Waals surface area contributed by atoms with Crippen molar-refractivity contribution in [1.82, 2.24) is 9.21 Å². The van der Waals surface area contributed by atoms with E-state index < -0.39 is 10.0 Å². The maximum atomic E-state index is 12.5. The van der Waals surface area contributed by atoms with Gasteiger partial charge >= 0.3 is 0 Å². The van der Waals surface area contributed by atoms with Crippen molar-refractivity contribution in [2.45, 2.75) is 26.7 Å². The predicted molar refractivity (Wildman–Crippen MR) is 101 cm³/mol. The lowest BCUT2D eigenvalue weighted by Crippen LogP contribution is -2.51. The highest BCUT2D eigenvalue weighted by atomic mass is 32.2. The molecule has 0 N–H and O–H groups in total. The molecule has 1 aliphatic heterocycles. The molecule has 1 aromatic rings. The number of nitrogens with zero attached hydrogens (tertiary/aromatic N) is 3. The Morgan fingerprint density at radius 1 is 1.20 bits per heavy atom. The van der Waals surface area contributed by atoms with Gasteiger partial charge in [0.1, 0.15) is 0 Å². The van der Waals surface area contributed by atoms with Crippen molar-refractivity contribution in [2.24, 2.45) is 0 Å². The molecule has 0 bridgehead atoms. The van der Waals surface area contributed by atoms with Crippen LogP contribution in [0.15, 0.2) is 24.3 Å². The fourth-order valence-electron chi connectivity index (χ4n) is 2.99. The smallest absolute Gasteiger partial charge is 0.238 e. The van der Waals surface area contributed by atoms with Crippen molar-refractivity contribution in [1.29, 1.82) is 0 Å². The van der Waals surface area contributed by atoms with E-state index in [-0.39, 0.29) is 12.5 Å². The highest BCUT2D eigenvalue weighted by molar-refractivity contribution is 7.88. The van der Waals surface area contributed by atoms with E-state index >= 15 is 0 Å². The molecule has 1 aliphatic rings. The lowest BCUT2D eigenvalue weighted by Gasteiger charge is -2.37. The van der Waals surface area contributed by atoms with Crippen LogP contribution in [-0.2, 0) is 14.8 Å². The zero-order valence-electron chi connectivity index (χ0n) is 15.4. The largest absolute Gasteiger partial charge is 0.368 e. The molecule has 6 nitrogen and oxygen atoms in total. The first-order chi connectivity index (χ1) is 11.8. The molecular weight excluding hydrogens is 338 g/mol. The highest BCUT2D eigenvalue weighted by Gasteiger charge is 2.26. The third-order valence-electron chi connectivity index (χ3n) is 4.54. The topological polar surface area (TPSA) is 60.9 Å². The van der Waals surface area contributed by atoms with Gasteiger partial charge in [-0.3, -0.25) is 4.79 Å². The summed E-state index contributed by atoms with van der Waals surface area (Å²) in [7, 11) is -3.35. The van der Waals surface area contributed by atoms with Crippen LogP contribution in [-0.4, -0.2) is 69.1 Å². The Hall–Kier alpha value is -1.60. The number of carbonyl (C=O) groups excluding carboxylic acids is 1. The molecule has 0 atom stereocenters. The van der Waals surface area contributed by atoms with E-state index in [1.807, 2.05) is 13.0 Å². The number of carbonyl (C=O) groups is 1. The van der Waals surface area contributed by atoms with Gasteiger partial charge in [0.25, 0.3) is 0 Å². The Bertz CT molecular complexity index is 683. The summed E-state index contributed by atoms with van der Waals surface area (Å²) in [6.45, 7) is 7.21. The van der Waals surface area contributed by atoms with Crippen molar-refractivity contribution < 1.29 is 13.2 Å². The van der Waals surface area contributed by atoms with Crippen molar-refractivity contribution in [2.75, 3.05) is 50.4 Å². The Kier molecular flexibility index (Phi) is 6.84. The van der Waals surface area contributed by atoms with E-state index in [9.17, 15) is 13.2 Å². The second-order valence-electron chi connectivity index (χ2n) is 6.66. The number of amides is 1. The molecule has 0 spiro atoms. The van der Waals surface area contributed by atoms with E-state index in [0.717, 1.165) is 25.9 Å². The number of unbranched alkanes of at least 4 members (excludes halogenated alkanes) is 1. The minimum Gasteiger partial charge on any atom is -0.368 e. The third-order valence-corrected chi connectivity index (χ3v) is 5.79. The van der Waals surface area contributed by atoms with Gasteiger partial charge in [0.15, 0.2) is 0 Å². The van der Waals surface area contributed by atoms with Crippen LogP contribution in [0.1, 0.15) is 25.3 Å². The molecule has 0 radical (unpaired) electrons. The van der Waals surface area contributed by atoms with E-state index in [1.54, 1.807) is 4.90 Å². The summed E-state index contributed by atoms with van der Waals surface area (Å²) in [5, 5.41) is 0. The van der Waals surface area contributed by atoms with E-state index in [4.69, 9.17) is 0 Å². The summed E-state index contributed by atoms with van der Waals surface area (Å²) in [5.74, 6) is -0.106. The second-order valence-corrected chi connectivity index (χ2v) is 8.64. The quantitative estimate of drug-likeness (QED) is 0.736. The predicted octanol–water partition coefficient (Wildman–Crippen LogP) is 1.71. The van der Waals surface area contributed by atoms with Crippen molar-refractivity contribution >= 4 is 21.6 Å². The molecule has 0 unspecified atom stereocenters. The summed E-state index contributed by atoms with van der Waals surface area (Å²) in [4.78, 5) is 16.6. The first-order valence-electron chi connectivity index (χ1n) is 8.85. The molecule has 1 amide bonds. The van der Waals surface area contributed by atoms with Gasteiger partial charge in [-0.2, -0.15) is 4.31 Å². The first kappa shape index (κ1) is 19.7. The Balaban J connectivity index is 1.91. The van der Waals surface area contributed by atoms with Crippen LogP contribution in [0.4, 0.5) is 5.69 Å². The van der Waals surface area contributed by atoms with Gasteiger partial charge < -0.3 is 9.80 Å². The van der Waals surface area contributed by atoms with Gasteiger partial charge in [-0.25, -0.2) is 8.42 Å². The Morgan fingerprint density at radius 2 is 1.88 bits per heavy atom. The molecule has 0 aromatic heterocycles. The molecule has 1 saturated heterocycles. The minimum atomic E-state index is -3.35. The first-order valence-corrected chi connectivity index (χ1v) is 10.7. The lowest BCUT2D eigenvalue weighted by molar-refractivity contribution is -0.131. The highest BCUT2D eigenvalue weighted by Crippen LogP contribution is 2.18. The van der Waals surface area contributed by atoms with Crippen LogP contribution in [0, 0.1) is 6.92 Å². The van der Waals surface area contributed by atoms with Crippen LogP contribution in [0.25, 0.3) is 0 Å². The zero-order valence-corrected chi connectivity index (χ0v) is 16.3. The van der Waals surface area contributed by atoms with Gasteiger partial charge in [0, 0.05) is 38.4 Å². The van der Waals surface area contributed by atoms with E-state index in [2.05, 4.69) is 30.0 Å². The SMILES string of the molecule is CCCCN(CC(=O)N1CCN(c2cccc(C)c2)CC1)S(C)(=O)=O. The number of anilines is 1. The zero-order chi connectivity index (χ0) is 18.4. The average Bonchev–Trinajstić information content (AvgIpc) is 2.57. The number of benzene rings is 1. The maximum absolute atomic E-state index is 12.5. The average molecular weight is 368 g/mol. The maximum Gasteiger partial charge on any atom is 0.238 e. The monoisotopic (exact) mass is 367 g/mol. The van der Waals surface area contributed by atoms with Gasteiger partial charge in [0.2, 0.25) is 15.9 Å². The van der Waals surface area contributed by atoms with E-state index in [1.165, 1.54) is 21.8 Å². The van der Waals surface area contributed by atoms with Crippen LogP contribution < -0.4 is 4.90 Å². The second kappa shape index (κ2) is 8.67. The number of aryl methyl sites for hydroxylation is 1. The third kappa shape index (κ3) is 5.71. The summed E-state index contributed by atoms with van der Waals surface area (Å²) < 4.78 is 25.0. The Labute approximate surface area is 151 Å². The molecule has 1 fully saturated rings. The van der Waals surface area contributed by atoms with Crippen LogP contribution in [0.5, 0.6) is 0 Å². The number of hydrogen-bond acceptors (Lipinski definition) is 4. The van der Waals surface area contributed by atoms with Crippen LogP contribution in [0.3, 0.4) is 0 Å². The van der Waals surface area contributed by atoms with Crippen molar-refractivity contribution in [3.63, 3.8) is 0 Å².